The molecule has 0 nitrogen and oxygen atoms in total. The van der Waals surface area contributed by atoms with Crippen LogP contribution in [0.25, 0.3) is 0 Å². The number of hydrogen-bond acceptors (Lipinski definition) is 0. The van der Waals surface area contributed by atoms with Crippen molar-refractivity contribution in [2.24, 2.45) is 0 Å². The van der Waals surface area contributed by atoms with E-state index < -0.39 is 0 Å². The maximum absolute atomic E-state index is 2.12. The fourth-order valence-corrected chi connectivity index (χ4v) is 0. The molecule has 0 unspecified atom stereocenters. The van der Waals surface area contributed by atoms with Crippen molar-refractivity contribution in [3.63, 3.8) is 0 Å². The molecule has 4 heteroatoms. The van der Waals surface area contributed by atoms with Crippen LogP contribution in [0.15, 0.2) is 0 Å². The van der Waals surface area contributed by atoms with Crippen molar-refractivity contribution in [3.8, 4) is 0 Å². The average Bonchev–Trinajstić information content (AvgIpc) is 1.00. The number of halogens is 3. The zero-order valence-electron chi connectivity index (χ0n) is 1.16. The molecule has 0 N–H and O–H groups in total. The molecule has 0 rings (SSSR count). The zero-order chi connectivity index (χ0) is 2.00. The van der Waals surface area contributed by atoms with E-state index in [9.17, 15) is 0 Å². The van der Waals surface area contributed by atoms with Crippen molar-refractivity contribution < 1.29 is 0 Å². The van der Waals surface area contributed by atoms with E-state index in [1.165, 1.54) is 0 Å². The van der Waals surface area contributed by atoms with Crippen LogP contribution in [0.4, 0.5) is 0 Å². The van der Waals surface area contributed by atoms with Crippen LogP contribution < -0.4 is 0 Å². The summed E-state index contributed by atoms with van der Waals surface area (Å²) in [4.78, 5) is 0. The Morgan fingerprint density at radius 2 is 1.00 bits per heavy atom. The normalized spacial score (nSPS) is 1.50. The minimum absolute atomic E-state index is 0. The molecule has 24 valence electrons. The summed E-state index contributed by atoms with van der Waals surface area (Å²) in [6.45, 7) is 0. The number of hydrogen-bond donors (Lipinski definition) is 0. The van der Waals surface area contributed by atoms with E-state index in [-0.39, 0.29) is 42.8 Å². The first-order valence-corrected chi connectivity index (χ1v) is 6.43. The molecule has 0 heterocycles. The predicted octanol–water partition coefficient (Wildman–Crippen LogP) is 1.74. The Morgan fingerprint density at radius 3 is 1.00 bits per heavy atom. The van der Waals surface area contributed by atoms with Gasteiger partial charge in [-0.15, -0.1) is 24.0 Å². The van der Waals surface area contributed by atoms with Crippen molar-refractivity contribution in [1.29, 1.82) is 0 Å². The zero-order valence-corrected chi connectivity index (χ0v) is 7.81. The van der Waals surface area contributed by atoms with Gasteiger partial charge in [0.1, 0.15) is 0 Å². The summed E-state index contributed by atoms with van der Waals surface area (Å²) >= 11 is 4.24. The van der Waals surface area contributed by atoms with Gasteiger partial charge in [0.15, 0.2) is 0 Å². The van der Waals surface area contributed by atoms with Crippen LogP contribution in [0.3, 0.4) is 0 Å². The van der Waals surface area contributed by atoms with Gasteiger partial charge >= 0.3 is 18.9 Å². The molecule has 0 aromatic heterocycles. The van der Waals surface area contributed by atoms with Gasteiger partial charge in [0.05, 0.1) is 0 Å². The number of rotatable bonds is 0. The van der Waals surface area contributed by atoms with E-state index >= 15 is 0 Å². The van der Waals surface area contributed by atoms with Crippen molar-refractivity contribution in [3.05, 3.63) is 0 Å². The van der Waals surface area contributed by atoms with E-state index in [0.717, 1.165) is 0 Å². The van der Waals surface area contributed by atoms with Gasteiger partial charge < -0.3 is 0 Å². The molecule has 0 aromatic rings. The summed E-state index contributed by atoms with van der Waals surface area (Å²) in [6.07, 6.45) is 0. The van der Waals surface area contributed by atoms with Gasteiger partial charge in [-0.2, -0.15) is 0 Å². The molecule has 0 amide bonds. The molecule has 0 bridgehead atoms. The Balaban J connectivity index is -0.00000000500. The maximum atomic E-state index is 2.12. The molecule has 0 aliphatic rings. The third-order valence-corrected chi connectivity index (χ3v) is 0. The van der Waals surface area contributed by atoms with E-state index in [4.69, 9.17) is 0 Å². The topological polar surface area (TPSA) is 0 Å². The minimum atomic E-state index is 0. The molecule has 0 aliphatic heterocycles. The van der Waals surface area contributed by atoms with Crippen molar-refractivity contribution in [2.45, 2.75) is 0 Å². The fourth-order valence-electron chi connectivity index (χ4n) is 0. The van der Waals surface area contributed by atoms with Crippen LogP contribution in [0.2, 0.25) is 0 Å². The predicted molar refractivity (Wildman–Crippen MR) is 50.6 cm³/mol. The Bertz CT molecular complexity index is 3.25. The van der Waals surface area contributed by atoms with Crippen LogP contribution in [-0.4, -0.2) is 18.9 Å². The fraction of sp³-hybridized carbons (Fsp3) is 0. The summed E-state index contributed by atoms with van der Waals surface area (Å²) in [6, 6.07) is 0. The summed E-state index contributed by atoms with van der Waals surface area (Å²) in [5.74, 6) is 0. The molecule has 0 saturated carbocycles. The molecular weight excluding hydrogens is 388 g/mol. The molecular formula is H2I3Li. The van der Waals surface area contributed by atoms with Crippen LogP contribution in [-0.2, 0) is 0 Å². The SMILES string of the molecule is I.II.[LiH]. The Morgan fingerprint density at radius 1 is 1.00 bits per heavy atom. The summed E-state index contributed by atoms with van der Waals surface area (Å²) in [5, 5.41) is 0. The van der Waals surface area contributed by atoms with Crippen molar-refractivity contribution in [2.75, 3.05) is 0 Å². The molecule has 4 heavy (non-hydrogen) atoms. The van der Waals surface area contributed by atoms with E-state index in [0.29, 0.717) is 0 Å². The van der Waals surface area contributed by atoms with Gasteiger partial charge in [-0.05, 0) is 0 Å². The molecule has 0 spiro atoms. The van der Waals surface area contributed by atoms with Crippen molar-refractivity contribution in [1.82, 2.24) is 0 Å². The van der Waals surface area contributed by atoms with E-state index in [1.807, 2.05) is 0 Å². The Kier molecular flexibility index (Phi) is 67.6. The second-order valence-electron chi connectivity index (χ2n) is 0. The monoisotopic (exact) mass is 390 g/mol. The molecule has 0 fully saturated rings. The summed E-state index contributed by atoms with van der Waals surface area (Å²) in [7, 11) is 0. The molecule has 0 aliphatic carbocycles. The second-order valence-corrected chi connectivity index (χ2v) is 0. The van der Waals surface area contributed by atoms with Gasteiger partial charge in [-0.1, -0.05) is 0 Å². The third-order valence-electron chi connectivity index (χ3n) is 0. The van der Waals surface area contributed by atoms with Gasteiger partial charge in [0.25, 0.3) is 0 Å². The first-order valence-electron chi connectivity index (χ1n) is 0.143. The second kappa shape index (κ2) is 17.1. The van der Waals surface area contributed by atoms with Gasteiger partial charge in [0.2, 0.25) is 0 Å². The standard InChI is InChI=1S/I2.HI.Li.H/c1-2;;;/h;1H;;. The van der Waals surface area contributed by atoms with Crippen LogP contribution >= 0.6 is 61.2 Å². The first kappa shape index (κ1) is 15.8. The molecule has 0 aromatic carbocycles. The van der Waals surface area contributed by atoms with Gasteiger partial charge in [-0.3, -0.25) is 0 Å². The molecule has 0 saturated heterocycles. The Labute approximate surface area is 78.4 Å². The average molecular weight is 390 g/mol. The molecule has 0 radical (unpaired) electrons. The van der Waals surface area contributed by atoms with Crippen LogP contribution in [0, 0.1) is 0 Å². The first-order chi connectivity index (χ1) is 1.00. The Hall–Kier alpha value is 2.79. The molecule has 0 atom stereocenters. The van der Waals surface area contributed by atoms with Crippen LogP contribution in [0.1, 0.15) is 0 Å². The van der Waals surface area contributed by atoms with E-state index in [2.05, 4.69) is 37.2 Å². The van der Waals surface area contributed by atoms with Crippen molar-refractivity contribution >= 4 is 80.1 Å². The van der Waals surface area contributed by atoms with E-state index in [1.54, 1.807) is 0 Å². The quantitative estimate of drug-likeness (QED) is 0.437. The van der Waals surface area contributed by atoms with Gasteiger partial charge in [0, 0.05) is 37.2 Å². The summed E-state index contributed by atoms with van der Waals surface area (Å²) in [5.41, 5.74) is 0. The summed E-state index contributed by atoms with van der Waals surface area (Å²) < 4.78 is 0. The third kappa shape index (κ3) is 8.84. The van der Waals surface area contributed by atoms with Gasteiger partial charge in [-0.25, -0.2) is 0 Å². The van der Waals surface area contributed by atoms with Crippen LogP contribution in [0.5, 0.6) is 0 Å².